The molecule has 0 amide bonds. The maximum absolute atomic E-state index is 6.17. The van der Waals surface area contributed by atoms with E-state index < -0.39 is 0 Å². The molecule has 0 aromatic heterocycles. The molecule has 126 valence electrons. The summed E-state index contributed by atoms with van der Waals surface area (Å²) in [4.78, 5) is 5.33. The minimum atomic E-state index is 0.223. The molecule has 0 bridgehead atoms. The highest BCUT2D eigenvalue weighted by molar-refractivity contribution is 5.14. The number of hydrogen-bond donors (Lipinski definition) is 0. The number of morpholine rings is 1. The molecule has 1 aliphatic carbocycles. The van der Waals surface area contributed by atoms with Gasteiger partial charge in [0.25, 0.3) is 0 Å². The first-order valence-electron chi connectivity index (χ1n) is 9.44. The molecular weight excluding hydrogens is 284 g/mol. The van der Waals surface area contributed by atoms with Crippen LogP contribution < -0.4 is 0 Å². The summed E-state index contributed by atoms with van der Waals surface area (Å²) >= 11 is 0. The van der Waals surface area contributed by atoms with Crippen molar-refractivity contribution in [1.29, 1.82) is 0 Å². The van der Waals surface area contributed by atoms with Gasteiger partial charge in [0.2, 0.25) is 0 Å². The van der Waals surface area contributed by atoms with E-state index in [1.165, 1.54) is 63.8 Å². The number of benzene rings is 1. The Kier molecular flexibility index (Phi) is 4.70. The third-order valence-corrected chi connectivity index (χ3v) is 5.98. The van der Waals surface area contributed by atoms with Gasteiger partial charge in [-0.25, -0.2) is 0 Å². The first-order chi connectivity index (χ1) is 11.3. The lowest BCUT2D eigenvalue weighted by molar-refractivity contribution is -0.107. The van der Waals surface area contributed by atoms with Gasteiger partial charge in [-0.3, -0.25) is 9.80 Å². The molecule has 3 nitrogen and oxygen atoms in total. The van der Waals surface area contributed by atoms with E-state index in [9.17, 15) is 0 Å². The molecule has 1 spiro atoms. The van der Waals surface area contributed by atoms with E-state index in [0.717, 1.165) is 25.6 Å². The third-order valence-electron chi connectivity index (χ3n) is 5.98. The van der Waals surface area contributed by atoms with Crippen molar-refractivity contribution < 1.29 is 4.74 Å². The maximum Gasteiger partial charge on any atom is 0.0809 e. The van der Waals surface area contributed by atoms with Crippen LogP contribution in [0.25, 0.3) is 0 Å². The largest absolute Gasteiger partial charge is 0.372 e. The Morgan fingerprint density at radius 3 is 2.70 bits per heavy atom. The third kappa shape index (κ3) is 3.78. The molecule has 2 aliphatic heterocycles. The van der Waals surface area contributed by atoms with Crippen LogP contribution in [0.15, 0.2) is 30.3 Å². The van der Waals surface area contributed by atoms with Gasteiger partial charge < -0.3 is 4.74 Å². The van der Waals surface area contributed by atoms with Crippen molar-refractivity contribution in [3.63, 3.8) is 0 Å². The van der Waals surface area contributed by atoms with Gasteiger partial charge in [-0.1, -0.05) is 43.2 Å². The van der Waals surface area contributed by atoms with Crippen molar-refractivity contribution in [2.24, 2.45) is 5.92 Å². The summed E-state index contributed by atoms with van der Waals surface area (Å²) in [5.74, 6) is 0.843. The molecule has 23 heavy (non-hydrogen) atoms. The quantitative estimate of drug-likeness (QED) is 0.849. The predicted molar refractivity (Wildman–Crippen MR) is 93.4 cm³/mol. The monoisotopic (exact) mass is 314 g/mol. The Hall–Kier alpha value is -0.900. The fraction of sp³-hybridized carbons (Fsp3) is 0.700. The van der Waals surface area contributed by atoms with Gasteiger partial charge in [0.05, 0.1) is 12.2 Å². The highest BCUT2D eigenvalue weighted by atomic mass is 16.5. The first-order valence-corrected chi connectivity index (χ1v) is 9.44. The van der Waals surface area contributed by atoms with Crippen LogP contribution >= 0.6 is 0 Å². The molecule has 1 atom stereocenters. The SMILES string of the molecule is c1ccc(CN2CC[C@H](CN3CCOC4(CCCC4)C3)C2)cc1. The Morgan fingerprint density at radius 2 is 1.87 bits per heavy atom. The van der Waals surface area contributed by atoms with Crippen molar-refractivity contribution in [2.75, 3.05) is 39.3 Å². The van der Waals surface area contributed by atoms with Crippen molar-refractivity contribution >= 4 is 0 Å². The van der Waals surface area contributed by atoms with Crippen molar-refractivity contribution in [3.05, 3.63) is 35.9 Å². The average molecular weight is 314 g/mol. The number of hydrogen-bond acceptors (Lipinski definition) is 3. The number of rotatable bonds is 4. The van der Waals surface area contributed by atoms with Crippen molar-refractivity contribution in [3.8, 4) is 0 Å². The smallest absolute Gasteiger partial charge is 0.0809 e. The lowest BCUT2D eigenvalue weighted by Crippen LogP contribution is -2.51. The summed E-state index contributed by atoms with van der Waals surface area (Å²) in [5.41, 5.74) is 1.67. The van der Waals surface area contributed by atoms with E-state index in [1.54, 1.807) is 0 Å². The topological polar surface area (TPSA) is 15.7 Å². The summed E-state index contributed by atoms with van der Waals surface area (Å²) < 4.78 is 6.17. The van der Waals surface area contributed by atoms with Gasteiger partial charge in [-0.2, -0.15) is 0 Å². The summed E-state index contributed by atoms with van der Waals surface area (Å²) in [6.07, 6.45) is 6.66. The number of nitrogens with zero attached hydrogens (tertiary/aromatic N) is 2. The maximum atomic E-state index is 6.17. The van der Waals surface area contributed by atoms with E-state index in [4.69, 9.17) is 4.74 Å². The second-order valence-electron chi connectivity index (χ2n) is 7.85. The van der Waals surface area contributed by atoms with E-state index in [1.807, 2.05) is 0 Å². The van der Waals surface area contributed by atoms with Crippen molar-refractivity contribution in [2.45, 2.75) is 44.2 Å². The van der Waals surface area contributed by atoms with Crippen LogP contribution in [0.3, 0.4) is 0 Å². The van der Waals surface area contributed by atoms with E-state index >= 15 is 0 Å². The van der Waals surface area contributed by atoms with E-state index in [-0.39, 0.29) is 5.60 Å². The summed E-state index contributed by atoms with van der Waals surface area (Å²) in [7, 11) is 0. The van der Waals surface area contributed by atoms with Crippen LogP contribution in [0.1, 0.15) is 37.7 Å². The van der Waals surface area contributed by atoms with Crippen LogP contribution in [0.5, 0.6) is 0 Å². The zero-order valence-electron chi connectivity index (χ0n) is 14.3. The predicted octanol–water partition coefficient (Wildman–Crippen LogP) is 3.15. The summed E-state index contributed by atoms with van der Waals surface area (Å²) in [6.45, 7) is 8.18. The number of ether oxygens (including phenoxy) is 1. The highest BCUT2D eigenvalue weighted by Gasteiger charge is 2.39. The molecule has 0 radical (unpaired) electrons. The molecule has 1 aromatic carbocycles. The van der Waals surface area contributed by atoms with Gasteiger partial charge in [0, 0.05) is 32.7 Å². The zero-order valence-corrected chi connectivity index (χ0v) is 14.3. The van der Waals surface area contributed by atoms with Gasteiger partial charge in [0.15, 0.2) is 0 Å². The first kappa shape index (κ1) is 15.6. The van der Waals surface area contributed by atoms with Gasteiger partial charge in [0.1, 0.15) is 0 Å². The molecule has 0 N–H and O–H groups in total. The van der Waals surface area contributed by atoms with Crippen LogP contribution in [0, 0.1) is 5.92 Å². The highest BCUT2D eigenvalue weighted by Crippen LogP contribution is 2.36. The number of likely N-dealkylation sites (tertiary alicyclic amines) is 1. The molecule has 2 saturated heterocycles. The summed E-state index contributed by atoms with van der Waals surface area (Å²) in [6, 6.07) is 10.9. The van der Waals surface area contributed by atoms with Crippen LogP contribution in [0.4, 0.5) is 0 Å². The minimum absolute atomic E-state index is 0.223. The molecule has 3 heteroatoms. The van der Waals surface area contributed by atoms with Crippen molar-refractivity contribution in [1.82, 2.24) is 9.80 Å². The Bertz CT molecular complexity index is 498. The van der Waals surface area contributed by atoms with Gasteiger partial charge in [-0.05, 0) is 37.3 Å². The van der Waals surface area contributed by atoms with Gasteiger partial charge in [-0.15, -0.1) is 0 Å². The Morgan fingerprint density at radius 1 is 1.04 bits per heavy atom. The molecule has 1 aromatic rings. The zero-order chi connectivity index (χ0) is 15.5. The molecular formula is C20H30N2O. The fourth-order valence-electron chi connectivity index (χ4n) is 4.81. The molecule has 1 saturated carbocycles. The average Bonchev–Trinajstić information content (AvgIpc) is 3.19. The van der Waals surface area contributed by atoms with Crippen LogP contribution in [-0.4, -0.2) is 54.7 Å². The second kappa shape index (κ2) is 6.92. The standard InChI is InChI=1S/C20H30N2O/c1-2-6-18(7-3-1)14-21-11-8-19(15-21)16-22-12-13-23-20(17-22)9-4-5-10-20/h1-3,6-7,19H,4-5,8-17H2/t19-/m0/s1. The van der Waals surface area contributed by atoms with E-state index in [2.05, 4.69) is 40.1 Å². The Labute approximate surface area is 140 Å². The summed E-state index contributed by atoms with van der Waals surface area (Å²) in [5, 5.41) is 0. The lowest BCUT2D eigenvalue weighted by Gasteiger charge is -2.41. The molecule has 3 aliphatic rings. The van der Waals surface area contributed by atoms with Gasteiger partial charge >= 0.3 is 0 Å². The van der Waals surface area contributed by atoms with Crippen LogP contribution in [-0.2, 0) is 11.3 Å². The molecule has 0 unspecified atom stereocenters. The van der Waals surface area contributed by atoms with E-state index in [0.29, 0.717) is 0 Å². The minimum Gasteiger partial charge on any atom is -0.372 e. The molecule has 3 fully saturated rings. The lowest BCUT2D eigenvalue weighted by atomic mass is 9.98. The normalized spacial score (nSPS) is 28.6. The Balaban J connectivity index is 1.27. The fourth-order valence-corrected chi connectivity index (χ4v) is 4.81. The second-order valence-corrected chi connectivity index (χ2v) is 7.85. The molecule has 4 rings (SSSR count). The molecule has 2 heterocycles. The van der Waals surface area contributed by atoms with Crippen LogP contribution in [0.2, 0.25) is 0 Å².